The maximum absolute atomic E-state index is 13.8. The van der Waals surface area contributed by atoms with Crippen molar-refractivity contribution in [3.63, 3.8) is 0 Å². The number of sulfonamides is 1. The Labute approximate surface area is 219 Å². The van der Waals surface area contributed by atoms with Gasteiger partial charge in [-0.15, -0.1) is 0 Å². The second kappa shape index (κ2) is 11.9. The van der Waals surface area contributed by atoms with Crippen LogP contribution in [0.1, 0.15) is 60.8 Å². The van der Waals surface area contributed by atoms with Crippen LogP contribution in [-0.2, 0) is 24.3 Å². The summed E-state index contributed by atoms with van der Waals surface area (Å²) in [6.07, 6.45) is 2.22. The molecular formula is C26H37NO7S2. The maximum atomic E-state index is 13.8. The first kappa shape index (κ1) is 30.0. The van der Waals surface area contributed by atoms with E-state index in [9.17, 15) is 23.1 Å². The van der Waals surface area contributed by atoms with Crippen molar-refractivity contribution in [3.8, 4) is 17.6 Å². The van der Waals surface area contributed by atoms with E-state index in [2.05, 4.69) is 11.8 Å². The lowest BCUT2D eigenvalue weighted by molar-refractivity contribution is -0.158. The zero-order valence-corrected chi connectivity index (χ0v) is 23.6. The summed E-state index contributed by atoms with van der Waals surface area (Å²) in [5.41, 5.74) is -2.52. The lowest BCUT2D eigenvalue weighted by Gasteiger charge is -2.58. The Kier molecular flexibility index (Phi) is 9.91. The van der Waals surface area contributed by atoms with Crippen molar-refractivity contribution in [2.24, 2.45) is 5.41 Å². The summed E-state index contributed by atoms with van der Waals surface area (Å²) in [5.74, 6) is 5.42. The number of aliphatic carboxylic acids is 1. The van der Waals surface area contributed by atoms with E-state index in [1.54, 1.807) is 46.8 Å². The van der Waals surface area contributed by atoms with Gasteiger partial charge in [-0.25, -0.2) is 8.42 Å². The Morgan fingerprint density at radius 3 is 2.33 bits per heavy atom. The summed E-state index contributed by atoms with van der Waals surface area (Å²) in [6, 6.07) is 5.99. The Balaban J connectivity index is 2.13. The monoisotopic (exact) mass is 539 g/mol. The lowest BCUT2D eigenvalue weighted by atomic mass is 9.66. The zero-order chi connectivity index (χ0) is 27.2. The van der Waals surface area contributed by atoms with Gasteiger partial charge in [-0.05, 0) is 56.4 Å². The molecule has 1 aromatic carbocycles. The van der Waals surface area contributed by atoms with Crippen molar-refractivity contribution in [1.82, 2.24) is 4.31 Å². The minimum Gasteiger partial charge on any atom is -0.481 e. The number of hydrogen-bond acceptors (Lipinski definition) is 7. The normalized spacial score (nSPS) is 20.2. The molecule has 0 unspecified atom stereocenters. The standard InChI is InChI=1S/C26H37NO7S2/c1-20(28)33-17-10-8-7-9-11-18-34-21-12-14-22(15-13-21)36(31,32)27-16-19-35-25(5,6)26(27,23(29)30)24(2,3)4/h12-15H,7-8,10,16-19H2,1-6H3,(H,29,30)/t26-/m1/s1. The van der Waals surface area contributed by atoms with Crippen LogP contribution < -0.4 is 4.74 Å². The van der Waals surface area contributed by atoms with Crippen LogP contribution in [0, 0.1) is 17.3 Å². The maximum Gasteiger partial charge on any atom is 0.327 e. The molecule has 1 heterocycles. The topological polar surface area (TPSA) is 110 Å². The minimum absolute atomic E-state index is 0.0197. The van der Waals surface area contributed by atoms with Crippen molar-refractivity contribution in [1.29, 1.82) is 0 Å². The van der Waals surface area contributed by atoms with Crippen LogP contribution in [0.25, 0.3) is 0 Å². The van der Waals surface area contributed by atoms with Crippen LogP contribution in [-0.4, -0.2) is 65.6 Å². The molecule has 1 fully saturated rings. The van der Waals surface area contributed by atoms with Gasteiger partial charge in [0.25, 0.3) is 0 Å². The van der Waals surface area contributed by atoms with E-state index in [1.807, 2.05) is 0 Å². The van der Waals surface area contributed by atoms with Crippen molar-refractivity contribution >= 4 is 33.7 Å². The van der Waals surface area contributed by atoms with E-state index in [-0.39, 0.29) is 24.0 Å². The number of carboxylic acids is 1. The van der Waals surface area contributed by atoms with Gasteiger partial charge in [-0.2, -0.15) is 16.1 Å². The third-order valence-corrected chi connectivity index (χ3v) is 9.56. The summed E-state index contributed by atoms with van der Waals surface area (Å²) < 4.78 is 38.3. The number of carbonyl (C=O) groups is 2. The summed E-state index contributed by atoms with van der Waals surface area (Å²) in [4.78, 5) is 23.5. The van der Waals surface area contributed by atoms with Crippen LogP contribution in [0.2, 0.25) is 0 Å². The van der Waals surface area contributed by atoms with Gasteiger partial charge < -0.3 is 14.6 Å². The molecule has 1 aliphatic rings. The predicted molar refractivity (Wildman–Crippen MR) is 140 cm³/mol. The Morgan fingerprint density at radius 1 is 1.14 bits per heavy atom. The minimum atomic E-state index is -4.11. The fourth-order valence-electron chi connectivity index (χ4n) is 4.84. The number of carbonyl (C=O) groups excluding carboxylic acids is 1. The van der Waals surface area contributed by atoms with Crippen molar-refractivity contribution in [2.75, 3.05) is 25.5 Å². The summed E-state index contributed by atoms with van der Waals surface area (Å²) in [5, 5.41) is 10.4. The van der Waals surface area contributed by atoms with E-state index in [0.717, 1.165) is 12.8 Å². The van der Waals surface area contributed by atoms with E-state index in [1.165, 1.54) is 35.1 Å². The number of nitrogens with zero attached hydrogens (tertiary/aromatic N) is 1. The number of carboxylic acid groups (broad SMARTS) is 1. The van der Waals surface area contributed by atoms with Crippen molar-refractivity contribution in [3.05, 3.63) is 24.3 Å². The summed E-state index contributed by atoms with van der Waals surface area (Å²) >= 11 is 1.48. The second-order valence-electron chi connectivity index (χ2n) is 10.1. The van der Waals surface area contributed by atoms with Crippen molar-refractivity contribution in [2.45, 2.75) is 76.0 Å². The highest BCUT2D eigenvalue weighted by Crippen LogP contribution is 2.54. The Hall–Kier alpha value is -2.22. The van der Waals surface area contributed by atoms with E-state index in [4.69, 9.17) is 9.47 Å². The number of unbranched alkanes of at least 4 members (excludes halogenated alkanes) is 2. The average molecular weight is 540 g/mol. The molecule has 8 nitrogen and oxygen atoms in total. The molecule has 200 valence electrons. The average Bonchev–Trinajstić information content (AvgIpc) is 2.76. The Bertz CT molecular complexity index is 1100. The highest BCUT2D eigenvalue weighted by atomic mass is 32.2. The summed E-state index contributed by atoms with van der Waals surface area (Å²) in [6.45, 7) is 10.9. The molecule has 0 aliphatic carbocycles. The Morgan fingerprint density at radius 2 is 1.78 bits per heavy atom. The van der Waals surface area contributed by atoms with Gasteiger partial charge in [-0.1, -0.05) is 32.6 Å². The van der Waals surface area contributed by atoms with Crippen LogP contribution in [0.15, 0.2) is 29.2 Å². The zero-order valence-electron chi connectivity index (χ0n) is 21.9. The molecule has 1 saturated heterocycles. The molecule has 1 aromatic rings. The second-order valence-corrected chi connectivity index (χ2v) is 13.7. The highest BCUT2D eigenvalue weighted by Gasteiger charge is 2.67. The summed E-state index contributed by atoms with van der Waals surface area (Å²) in [7, 11) is -4.11. The van der Waals surface area contributed by atoms with Gasteiger partial charge >= 0.3 is 11.9 Å². The first-order chi connectivity index (χ1) is 16.7. The van der Waals surface area contributed by atoms with Gasteiger partial charge in [-0.3, -0.25) is 9.59 Å². The first-order valence-corrected chi connectivity index (χ1v) is 14.3. The highest BCUT2D eigenvalue weighted by molar-refractivity contribution is 8.01. The number of ether oxygens (including phenoxy) is 2. The van der Waals surface area contributed by atoms with Gasteiger partial charge in [0.2, 0.25) is 10.0 Å². The third kappa shape index (κ3) is 6.36. The molecule has 1 atom stereocenters. The molecule has 0 bridgehead atoms. The molecule has 0 amide bonds. The largest absolute Gasteiger partial charge is 0.481 e. The molecule has 0 spiro atoms. The molecule has 1 N–H and O–H groups in total. The van der Waals surface area contributed by atoms with Crippen LogP contribution in [0.5, 0.6) is 5.75 Å². The van der Waals surface area contributed by atoms with Gasteiger partial charge in [0.15, 0.2) is 5.54 Å². The van der Waals surface area contributed by atoms with Gasteiger partial charge in [0.05, 0.1) is 11.5 Å². The molecule has 10 heteroatoms. The number of rotatable bonds is 9. The van der Waals surface area contributed by atoms with Crippen LogP contribution >= 0.6 is 11.8 Å². The molecule has 36 heavy (non-hydrogen) atoms. The van der Waals surface area contributed by atoms with Gasteiger partial charge in [0.1, 0.15) is 12.4 Å². The van der Waals surface area contributed by atoms with E-state index in [0.29, 0.717) is 24.5 Å². The number of benzene rings is 1. The number of hydrogen-bond donors (Lipinski definition) is 1. The smallest absolute Gasteiger partial charge is 0.327 e. The predicted octanol–water partition coefficient (Wildman–Crippen LogP) is 4.19. The SMILES string of the molecule is CC(=O)OCCCCC#CCOc1ccc(S(=O)(=O)N2CCSC(C)(C)[C@@]2(C(=O)O)C(C)(C)C)cc1. The first-order valence-electron chi connectivity index (χ1n) is 11.9. The molecule has 0 radical (unpaired) electrons. The lowest BCUT2D eigenvalue weighted by Crippen LogP contribution is -2.75. The fraction of sp³-hybridized carbons (Fsp3) is 0.615. The van der Waals surface area contributed by atoms with Crippen LogP contribution in [0.4, 0.5) is 0 Å². The van der Waals surface area contributed by atoms with Gasteiger partial charge in [0, 0.05) is 30.4 Å². The fourth-order valence-corrected chi connectivity index (χ4v) is 8.52. The molecule has 0 saturated carbocycles. The van der Waals surface area contributed by atoms with Crippen LogP contribution in [0.3, 0.4) is 0 Å². The number of esters is 1. The molecule has 1 aliphatic heterocycles. The van der Waals surface area contributed by atoms with E-state index >= 15 is 0 Å². The molecule has 2 rings (SSSR count). The quantitative estimate of drug-likeness (QED) is 0.283. The molecule has 0 aromatic heterocycles. The third-order valence-electron chi connectivity index (χ3n) is 6.25. The van der Waals surface area contributed by atoms with E-state index < -0.39 is 31.7 Å². The number of thioether (sulfide) groups is 1. The van der Waals surface area contributed by atoms with Crippen molar-refractivity contribution < 1.29 is 32.6 Å². The molecular weight excluding hydrogens is 502 g/mol.